The standard InChI is InChI=1S/C21H17Cl2FN2O2S/c22-14-3-8-18(23)19(9-14)28-11-20-25-16(12-29-20)10-26(17-6-7-17)21(27)13-1-4-15(24)5-2-13/h1-5,8-9,12,17H,6-7,10-11H2. The summed E-state index contributed by atoms with van der Waals surface area (Å²) in [6.45, 7) is 0.676. The minimum absolute atomic E-state index is 0.107. The Morgan fingerprint density at radius 1 is 1.21 bits per heavy atom. The number of hydrogen-bond acceptors (Lipinski definition) is 4. The molecule has 29 heavy (non-hydrogen) atoms. The van der Waals surface area contributed by atoms with E-state index in [1.54, 1.807) is 23.1 Å². The highest BCUT2D eigenvalue weighted by molar-refractivity contribution is 7.09. The Labute approximate surface area is 181 Å². The molecule has 1 aliphatic rings. The van der Waals surface area contributed by atoms with Gasteiger partial charge >= 0.3 is 0 Å². The van der Waals surface area contributed by atoms with Crippen molar-refractivity contribution in [1.82, 2.24) is 9.88 Å². The third-order valence-corrected chi connectivity index (χ3v) is 5.93. The van der Waals surface area contributed by atoms with Gasteiger partial charge in [-0.05, 0) is 49.2 Å². The zero-order valence-corrected chi connectivity index (χ0v) is 17.6. The molecule has 1 fully saturated rings. The summed E-state index contributed by atoms with van der Waals surface area (Å²) in [7, 11) is 0. The number of halogens is 3. The first-order valence-electron chi connectivity index (χ1n) is 9.07. The Bertz CT molecular complexity index is 1020. The van der Waals surface area contributed by atoms with Gasteiger partial charge in [-0.2, -0.15) is 0 Å². The van der Waals surface area contributed by atoms with Crippen LogP contribution in [-0.2, 0) is 13.2 Å². The van der Waals surface area contributed by atoms with Crippen molar-refractivity contribution in [2.75, 3.05) is 0 Å². The van der Waals surface area contributed by atoms with Crippen LogP contribution in [0.1, 0.15) is 33.9 Å². The summed E-state index contributed by atoms with van der Waals surface area (Å²) in [6.07, 6.45) is 1.95. The number of rotatable bonds is 7. The van der Waals surface area contributed by atoms with Crippen LogP contribution in [0.25, 0.3) is 0 Å². The number of nitrogens with zero attached hydrogens (tertiary/aromatic N) is 2. The van der Waals surface area contributed by atoms with Crippen molar-refractivity contribution in [3.05, 3.63) is 80.0 Å². The van der Waals surface area contributed by atoms with Gasteiger partial charge < -0.3 is 9.64 Å². The van der Waals surface area contributed by atoms with Gasteiger partial charge in [0.25, 0.3) is 5.91 Å². The van der Waals surface area contributed by atoms with Crippen molar-refractivity contribution < 1.29 is 13.9 Å². The first kappa shape index (κ1) is 20.1. The van der Waals surface area contributed by atoms with Gasteiger partial charge in [-0.3, -0.25) is 4.79 Å². The second-order valence-electron chi connectivity index (χ2n) is 6.77. The quantitative estimate of drug-likeness (QED) is 0.444. The topological polar surface area (TPSA) is 42.4 Å². The highest BCUT2D eigenvalue weighted by Gasteiger charge is 2.33. The normalized spacial score (nSPS) is 13.3. The average molecular weight is 451 g/mol. The smallest absolute Gasteiger partial charge is 0.254 e. The first-order chi connectivity index (χ1) is 14.0. The fourth-order valence-electron chi connectivity index (χ4n) is 2.90. The van der Waals surface area contributed by atoms with E-state index < -0.39 is 0 Å². The number of aromatic nitrogens is 1. The maximum Gasteiger partial charge on any atom is 0.254 e. The van der Waals surface area contributed by atoms with Gasteiger partial charge in [-0.25, -0.2) is 9.37 Å². The van der Waals surface area contributed by atoms with Crippen LogP contribution in [0.15, 0.2) is 47.8 Å². The molecule has 0 N–H and O–H groups in total. The molecule has 1 heterocycles. The molecule has 4 nitrogen and oxygen atoms in total. The molecular formula is C21H17Cl2FN2O2S. The molecule has 0 radical (unpaired) electrons. The number of carbonyl (C=O) groups excluding carboxylic acids is 1. The number of ether oxygens (including phenoxy) is 1. The van der Waals surface area contributed by atoms with Crippen molar-refractivity contribution in [2.24, 2.45) is 0 Å². The molecule has 8 heteroatoms. The summed E-state index contributed by atoms with van der Waals surface area (Å²) in [5.41, 5.74) is 1.28. The molecule has 0 bridgehead atoms. The maximum atomic E-state index is 13.2. The Hall–Kier alpha value is -2.15. The molecule has 1 amide bonds. The van der Waals surface area contributed by atoms with Gasteiger partial charge in [-0.1, -0.05) is 23.2 Å². The lowest BCUT2D eigenvalue weighted by Gasteiger charge is -2.21. The monoisotopic (exact) mass is 450 g/mol. The number of carbonyl (C=O) groups is 1. The molecule has 3 aromatic rings. The lowest BCUT2D eigenvalue weighted by molar-refractivity contribution is 0.0728. The molecule has 4 rings (SSSR count). The fourth-order valence-corrected chi connectivity index (χ4v) is 3.93. The minimum atomic E-state index is -0.358. The Morgan fingerprint density at radius 2 is 1.97 bits per heavy atom. The van der Waals surface area contributed by atoms with Crippen LogP contribution in [-0.4, -0.2) is 21.8 Å². The van der Waals surface area contributed by atoms with Crippen LogP contribution in [0.5, 0.6) is 5.75 Å². The first-order valence-corrected chi connectivity index (χ1v) is 10.7. The lowest BCUT2D eigenvalue weighted by Crippen LogP contribution is -2.32. The van der Waals surface area contributed by atoms with E-state index in [4.69, 9.17) is 27.9 Å². The summed E-state index contributed by atoms with van der Waals surface area (Å²) < 4.78 is 18.9. The van der Waals surface area contributed by atoms with E-state index in [9.17, 15) is 9.18 Å². The van der Waals surface area contributed by atoms with Crippen molar-refractivity contribution in [1.29, 1.82) is 0 Å². The molecule has 1 aliphatic carbocycles. The second kappa shape index (κ2) is 8.69. The van der Waals surface area contributed by atoms with E-state index >= 15 is 0 Å². The highest BCUT2D eigenvalue weighted by atomic mass is 35.5. The molecule has 1 saturated carbocycles. The summed E-state index contributed by atoms with van der Waals surface area (Å²) in [5.74, 6) is 0.0366. The van der Waals surface area contributed by atoms with E-state index in [-0.39, 0.29) is 24.4 Å². The molecule has 0 atom stereocenters. The molecule has 2 aromatic carbocycles. The van der Waals surface area contributed by atoms with E-state index in [0.717, 1.165) is 23.5 Å². The van der Waals surface area contributed by atoms with Crippen molar-refractivity contribution in [3.8, 4) is 5.75 Å². The van der Waals surface area contributed by atoms with Crippen molar-refractivity contribution in [3.63, 3.8) is 0 Å². The van der Waals surface area contributed by atoms with Crippen LogP contribution < -0.4 is 4.74 Å². The van der Waals surface area contributed by atoms with E-state index in [2.05, 4.69) is 4.98 Å². The van der Waals surface area contributed by atoms with Gasteiger partial charge in [0.05, 0.1) is 17.3 Å². The van der Waals surface area contributed by atoms with E-state index in [0.29, 0.717) is 27.9 Å². The largest absolute Gasteiger partial charge is 0.485 e. The van der Waals surface area contributed by atoms with Crippen LogP contribution in [0, 0.1) is 5.82 Å². The fraction of sp³-hybridized carbons (Fsp3) is 0.238. The lowest BCUT2D eigenvalue weighted by atomic mass is 10.2. The van der Waals surface area contributed by atoms with Crippen LogP contribution >= 0.6 is 34.5 Å². The Balaban J connectivity index is 1.42. The maximum absolute atomic E-state index is 13.2. The SMILES string of the molecule is O=C(c1ccc(F)cc1)N(Cc1csc(COc2cc(Cl)ccc2Cl)n1)C1CC1. The Kier molecular flexibility index (Phi) is 6.04. The molecule has 150 valence electrons. The number of benzene rings is 2. The molecule has 0 saturated heterocycles. The summed E-state index contributed by atoms with van der Waals surface area (Å²) in [4.78, 5) is 19.2. The molecule has 1 aromatic heterocycles. The number of thiazole rings is 1. The van der Waals surface area contributed by atoms with E-state index in [1.807, 2.05) is 5.38 Å². The van der Waals surface area contributed by atoms with Gasteiger partial charge in [0.2, 0.25) is 0 Å². The molecule has 0 unspecified atom stereocenters. The van der Waals surface area contributed by atoms with Crippen molar-refractivity contribution in [2.45, 2.75) is 32.0 Å². The molecular weight excluding hydrogens is 434 g/mol. The minimum Gasteiger partial charge on any atom is -0.485 e. The predicted molar refractivity (Wildman–Crippen MR) is 112 cm³/mol. The predicted octanol–water partition coefficient (Wildman–Crippen LogP) is 5.97. The summed E-state index contributed by atoms with van der Waals surface area (Å²) in [5, 5.41) is 3.73. The van der Waals surface area contributed by atoms with E-state index in [1.165, 1.54) is 35.6 Å². The van der Waals surface area contributed by atoms with Gasteiger partial charge in [0, 0.05) is 28.1 Å². The zero-order valence-electron chi connectivity index (χ0n) is 15.3. The Morgan fingerprint density at radius 3 is 2.69 bits per heavy atom. The van der Waals surface area contributed by atoms with Crippen LogP contribution in [0.2, 0.25) is 10.0 Å². The van der Waals surface area contributed by atoms with Gasteiger partial charge in [0.1, 0.15) is 23.2 Å². The van der Waals surface area contributed by atoms with Crippen molar-refractivity contribution >= 4 is 40.4 Å². The third-order valence-electron chi connectivity index (χ3n) is 4.52. The molecule has 0 aliphatic heterocycles. The van der Waals surface area contributed by atoms with Gasteiger partial charge in [0.15, 0.2) is 0 Å². The zero-order chi connectivity index (χ0) is 20.4. The van der Waals surface area contributed by atoms with Crippen LogP contribution in [0.3, 0.4) is 0 Å². The summed E-state index contributed by atoms with van der Waals surface area (Å²) in [6, 6.07) is 10.9. The third kappa shape index (κ3) is 5.07. The number of amides is 1. The second-order valence-corrected chi connectivity index (χ2v) is 8.55. The van der Waals surface area contributed by atoms with Crippen LogP contribution in [0.4, 0.5) is 4.39 Å². The highest BCUT2D eigenvalue weighted by Crippen LogP contribution is 2.31. The molecule has 0 spiro atoms. The van der Waals surface area contributed by atoms with Gasteiger partial charge in [-0.15, -0.1) is 11.3 Å². The average Bonchev–Trinajstić information content (AvgIpc) is 3.46. The number of hydrogen-bond donors (Lipinski definition) is 0. The summed E-state index contributed by atoms with van der Waals surface area (Å²) >= 11 is 13.5.